The van der Waals surface area contributed by atoms with Crippen molar-refractivity contribution in [1.82, 2.24) is 5.32 Å². The van der Waals surface area contributed by atoms with E-state index in [-0.39, 0.29) is 17.3 Å². The minimum absolute atomic E-state index is 0.119. The lowest BCUT2D eigenvalue weighted by atomic mass is 9.88. The van der Waals surface area contributed by atoms with E-state index in [1.807, 2.05) is 0 Å². The van der Waals surface area contributed by atoms with Gasteiger partial charge in [-0.2, -0.15) is 0 Å². The molecule has 2 nitrogen and oxygen atoms in total. The SMILES string of the molecule is CC(NC(=S)Nc1cccc(F)c1)C(C)(C)C. The van der Waals surface area contributed by atoms with Gasteiger partial charge in [0.1, 0.15) is 5.82 Å². The van der Waals surface area contributed by atoms with Crippen molar-refractivity contribution in [2.75, 3.05) is 5.32 Å². The first kappa shape index (κ1) is 13.9. The summed E-state index contributed by atoms with van der Waals surface area (Å²) in [6.45, 7) is 8.47. The van der Waals surface area contributed by atoms with Crippen LogP contribution < -0.4 is 10.6 Å². The first-order chi connectivity index (χ1) is 7.79. The topological polar surface area (TPSA) is 24.1 Å². The second-order valence-corrected chi connectivity index (χ2v) is 5.60. The lowest BCUT2D eigenvalue weighted by Crippen LogP contribution is -2.43. The summed E-state index contributed by atoms with van der Waals surface area (Å²) in [5, 5.41) is 6.66. The molecule has 0 bridgehead atoms. The molecular weight excluding hydrogens is 235 g/mol. The first-order valence-electron chi connectivity index (χ1n) is 5.62. The van der Waals surface area contributed by atoms with Crippen LogP contribution in [-0.4, -0.2) is 11.2 Å². The van der Waals surface area contributed by atoms with E-state index < -0.39 is 0 Å². The van der Waals surface area contributed by atoms with Crippen LogP contribution in [0.15, 0.2) is 24.3 Å². The number of benzene rings is 1. The van der Waals surface area contributed by atoms with Gasteiger partial charge in [0.05, 0.1) is 0 Å². The van der Waals surface area contributed by atoms with Gasteiger partial charge in [-0.3, -0.25) is 0 Å². The van der Waals surface area contributed by atoms with Gasteiger partial charge in [0, 0.05) is 11.7 Å². The van der Waals surface area contributed by atoms with Crippen LogP contribution >= 0.6 is 12.2 Å². The molecule has 0 radical (unpaired) electrons. The lowest BCUT2D eigenvalue weighted by molar-refractivity contribution is 0.317. The fourth-order valence-electron chi connectivity index (χ4n) is 1.15. The van der Waals surface area contributed by atoms with Gasteiger partial charge in [-0.05, 0) is 42.8 Å². The summed E-state index contributed by atoms with van der Waals surface area (Å²) in [5.41, 5.74) is 0.775. The van der Waals surface area contributed by atoms with Crippen LogP contribution in [0.2, 0.25) is 0 Å². The molecule has 4 heteroatoms. The Labute approximate surface area is 108 Å². The Morgan fingerprint density at radius 3 is 2.53 bits per heavy atom. The van der Waals surface area contributed by atoms with Crippen LogP contribution in [0, 0.1) is 11.2 Å². The third kappa shape index (κ3) is 4.69. The van der Waals surface area contributed by atoms with Crippen molar-refractivity contribution in [2.45, 2.75) is 33.7 Å². The molecule has 0 saturated heterocycles. The van der Waals surface area contributed by atoms with Crippen molar-refractivity contribution >= 4 is 23.0 Å². The molecule has 0 aliphatic rings. The van der Waals surface area contributed by atoms with Gasteiger partial charge in [0.25, 0.3) is 0 Å². The van der Waals surface area contributed by atoms with E-state index in [9.17, 15) is 4.39 Å². The fourth-order valence-corrected chi connectivity index (χ4v) is 1.44. The van der Waals surface area contributed by atoms with Gasteiger partial charge in [0.15, 0.2) is 5.11 Å². The smallest absolute Gasteiger partial charge is 0.171 e. The molecule has 17 heavy (non-hydrogen) atoms. The summed E-state index contributed by atoms with van der Waals surface area (Å²) >= 11 is 5.18. The first-order valence-corrected chi connectivity index (χ1v) is 6.03. The number of anilines is 1. The standard InChI is InChI=1S/C13H19FN2S/c1-9(13(2,3)4)15-12(17)16-11-7-5-6-10(14)8-11/h5-9H,1-4H3,(H2,15,16,17). The van der Waals surface area contributed by atoms with Crippen molar-refractivity contribution in [3.8, 4) is 0 Å². The van der Waals surface area contributed by atoms with Crippen molar-refractivity contribution in [3.63, 3.8) is 0 Å². The molecule has 1 aromatic carbocycles. The maximum Gasteiger partial charge on any atom is 0.171 e. The largest absolute Gasteiger partial charge is 0.359 e. The number of thiocarbonyl (C=S) groups is 1. The zero-order valence-corrected chi connectivity index (χ0v) is 11.5. The molecule has 2 N–H and O–H groups in total. The lowest BCUT2D eigenvalue weighted by Gasteiger charge is -2.29. The molecule has 0 heterocycles. The van der Waals surface area contributed by atoms with Crippen LogP contribution in [0.5, 0.6) is 0 Å². The highest BCUT2D eigenvalue weighted by atomic mass is 32.1. The average Bonchev–Trinajstić information content (AvgIpc) is 2.15. The summed E-state index contributed by atoms with van der Waals surface area (Å²) in [5.74, 6) is -0.276. The zero-order chi connectivity index (χ0) is 13.1. The highest BCUT2D eigenvalue weighted by Crippen LogP contribution is 2.18. The molecular formula is C13H19FN2S. The normalized spacial score (nSPS) is 13.0. The summed E-state index contributed by atoms with van der Waals surface area (Å²) < 4.78 is 13.0. The highest BCUT2D eigenvalue weighted by molar-refractivity contribution is 7.80. The number of nitrogens with one attached hydrogen (secondary N) is 2. The summed E-state index contributed by atoms with van der Waals surface area (Å²) in [7, 11) is 0. The number of hydrogen-bond donors (Lipinski definition) is 2. The van der Waals surface area contributed by atoms with Gasteiger partial charge in [-0.1, -0.05) is 26.8 Å². The Bertz CT molecular complexity index is 399. The Hall–Kier alpha value is -1.16. The van der Waals surface area contributed by atoms with Crippen LogP contribution in [-0.2, 0) is 0 Å². The van der Waals surface area contributed by atoms with E-state index >= 15 is 0 Å². The summed E-state index contributed by atoms with van der Waals surface area (Å²) in [4.78, 5) is 0. The van der Waals surface area contributed by atoms with Gasteiger partial charge < -0.3 is 10.6 Å². The zero-order valence-electron chi connectivity index (χ0n) is 10.7. The summed E-state index contributed by atoms with van der Waals surface area (Å²) in [6.07, 6.45) is 0. The predicted octanol–water partition coefficient (Wildman–Crippen LogP) is 3.55. The molecule has 94 valence electrons. The van der Waals surface area contributed by atoms with E-state index in [4.69, 9.17) is 12.2 Å². The molecule has 0 aliphatic heterocycles. The van der Waals surface area contributed by atoms with Crippen molar-refractivity contribution in [1.29, 1.82) is 0 Å². The minimum Gasteiger partial charge on any atom is -0.359 e. The molecule has 1 rings (SSSR count). The van der Waals surface area contributed by atoms with Crippen molar-refractivity contribution in [3.05, 3.63) is 30.1 Å². The Balaban J connectivity index is 2.56. The number of hydrogen-bond acceptors (Lipinski definition) is 1. The van der Waals surface area contributed by atoms with Crippen molar-refractivity contribution < 1.29 is 4.39 Å². The van der Waals surface area contributed by atoms with E-state index in [0.29, 0.717) is 10.8 Å². The Kier molecular flexibility index (Phi) is 4.46. The Morgan fingerprint density at radius 1 is 1.35 bits per heavy atom. The average molecular weight is 254 g/mol. The molecule has 0 amide bonds. The van der Waals surface area contributed by atoms with Gasteiger partial charge >= 0.3 is 0 Å². The Morgan fingerprint density at radius 2 is 2.00 bits per heavy atom. The minimum atomic E-state index is -0.276. The van der Waals surface area contributed by atoms with Crippen LogP contribution in [0.3, 0.4) is 0 Å². The van der Waals surface area contributed by atoms with Gasteiger partial charge in [0.2, 0.25) is 0 Å². The predicted molar refractivity (Wildman–Crippen MR) is 74.7 cm³/mol. The van der Waals surface area contributed by atoms with E-state index in [2.05, 4.69) is 38.3 Å². The second kappa shape index (κ2) is 5.45. The molecule has 0 spiro atoms. The van der Waals surface area contributed by atoms with Crippen molar-refractivity contribution in [2.24, 2.45) is 5.41 Å². The quantitative estimate of drug-likeness (QED) is 0.789. The third-order valence-corrected chi connectivity index (χ3v) is 2.95. The third-order valence-electron chi connectivity index (χ3n) is 2.73. The van der Waals surface area contributed by atoms with E-state index in [1.54, 1.807) is 12.1 Å². The molecule has 0 aromatic heterocycles. The highest BCUT2D eigenvalue weighted by Gasteiger charge is 2.20. The van der Waals surface area contributed by atoms with Gasteiger partial charge in [-0.25, -0.2) is 4.39 Å². The maximum absolute atomic E-state index is 13.0. The second-order valence-electron chi connectivity index (χ2n) is 5.20. The molecule has 0 saturated carbocycles. The molecule has 1 aromatic rings. The van der Waals surface area contributed by atoms with E-state index in [1.165, 1.54) is 12.1 Å². The maximum atomic E-state index is 13.0. The fraction of sp³-hybridized carbons (Fsp3) is 0.462. The monoisotopic (exact) mass is 254 g/mol. The number of rotatable bonds is 2. The number of halogens is 1. The van der Waals surface area contributed by atoms with Crippen LogP contribution in [0.4, 0.5) is 10.1 Å². The summed E-state index contributed by atoms with van der Waals surface area (Å²) in [6, 6.07) is 6.47. The molecule has 0 fully saturated rings. The van der Waals surface area contributed by atoms with Gasteiger partial charge in [-0.15, -0.1) is 0 Å². The molecule has 0 aliphatic carbocycles. The van der Waals surface area contributed by atoms with Crippen LogP contribution in [0.1, 0.15) is 27.7 Å². The molecule has 1 atom stereocenters. The van der Waals surface area contributed by atoms with Crippen LogP contribution in [0.25, 0.3) is 0 Å². The molecule has 1 unspecified atom stereocenters. The van der Waals surface area contributed by atoms with E-state index in [0.717, 1.165) is 0 Å².